The van der Waals surface area contributed by atoms with E-state index in [2.05, 4.69) is 10.3 Å². The predicted molar refractivity (Wildman–Crippen MR) is 62.0 cm³/mol. The molecule has 0 aliphatic heterocycles. The van der Waals surface area contributed by atoms with Gasteiger partial charge in [0.2, 0.25) is 0 Å². The summed E-state index contributed by atoms with van der Waals surface area (Å²) in [5.74, 6) is 0. The molecule has 0 saturated carbocycles. The fraction of sp³-hybridized carbons (Fsp3) is 0.250. The first-order valence-electron chi connectivity index (χ1n) is 5.33. The molecule has 0 aliphatic carbocycles. The molecule has 3 nitrogen and oxygen atoms in total. The molecule has 2 aromatic rings. The smallest absolute Gasteiger partial charge is 0.380 e. The van der Waals surface area contributed by atoms with Crippen LogP contribution in [0.15, 0.2) is 36.8 Å². The number of alkyl halides is 3. The van der Waals surface area contributed by atoms with E-state index in [-0.39, 0.29) is 0 Å². The highest BCUT2D eigenvalue weighted by Gasteiger charge is 2.31. The van der Waals surface area contributed by atoms with Crippen molar-refractivity contribution in [1.82, 2.24) is 9.55 Å². The second kappa shape index (κ2) is 4.72. The van der Waals surface area contributed by atoms with Gasteiger partial charge in [-0.15, -0.1) is 0 Å². The zero-order valence-electron chi connectivity index (χ0n) is 9.70. The normalized spacial score (nSPS) is 11.6. The topological polar surface area (TPSA) is 29.9 Å². The van der Waals surface area contributed by atoms with Gasteiger partial charge in [0.1, 0.15) is 5.69 Å². The molecule has 0 aromatic carbocycles. The molecule has 0 bridgehead atoms. The highest BCUT2D eigenvalue weighted by atomic mass is 19.4. The van der Waals surface area contributed by atoms with Crippen molar-refractivity contribution in [2.75, 3.05) is 5.32 Å². The van der Waals surface area contributed by atoms with Crippen molar-refractivity contribution >= 4 is 5.69 Å². The zero-order valence-corrected chi connectivity index (χ0v) is 9.70. The van der Waals surface area contributed by atoms with Gasteiger partial charge in [0, 0.05) is 26.0 Å². The first kappa shape index (κ1) is 12.5. The van der Waals surface area contributed by atoms with E-state index in [1.807, 2.05) is 30.1 Å². The number of hydrogen-bond donors (Lipinski definition) is 1. The molecule has 0 atom stereocenters. The fourth-order valence-corrected chi connectivity index (χ4v) is 1.54. The first-order valence-corrected chi connectivity index (χ1v) is 5.33. The highest BCUT2D eigenvalue weighted by molar-refractivity contribution is 5.41. The summed E-state index contributed by atoms with van der Waals surface area (Å²) in [6, 6.07) is 4.27. The van der Waals surface area contributed by atoms with Crippen molar-refractivity contribution in [3.63, 3.8) is 0 Å². The molecule has 0 radical (unpaired) electrons. The Labute approximate surface area is 102 Å². The molecule has 0 amide bonds. The van der Waals surface area contributed by atoms with Crippen LogP contribution in [0.3, 0.4) is 0 Å². The largest absolute Gasteiger partial charge is 0.433 e. The zero-order chi connectivity index (χ0) is 13.2. The van der Waals surface area contributed by atoms with E-state index in [1.54, 1.807) is 0 Å². The van der Waals surface area contributed by atoms with Crippen LogP contribution in [0.2, 0.25) is 0 Å². The Morgan fingerprint density at radius 3 is 2.56 bits per heavy atom. The Kier molecular flexibility index (Phi) is 3.27. The third-order valence-corrected chi connectivity index (χ3v) is 2.44. The average Bonchev–Trinajstić information content (AvgIpc) is 2.72. The predicted octanol–water partition coefficient (Wildman–Crippen LogP) is 3.05. The van der Waals surface area contributed by atoms with Gasteiger partial charge < -0.3 is 9.88 Å². The number of halogens is 3. The minimum absolute atomic E-state index is 0.549. The van der Waals surface area contributed by atoms with Crippen LogP contribution in [-0.4, -0.2) is 9.55 Å². The van der Waals surface area contributed by atoms with E-state index in [4.69, 9.17) is 0 Å². The fourth-order valence-electron chi connectivity index (χ4n) is 1.54. The van der Waals surface area contributed by atoms with E-state index in [0.717, 1.165) is 11.6 Å². The van der Waals surface area contributed by atoms with Gasteiger partial charge in [-0.05, 0) is 23.8 Å². The number of nitrogens with zero attached hydrogens (tertiary/aromatic N) is 2. The summed E-state index contributed by atoms with van der Waals surface area (Å²) in [5.41, 5.74) is 0.733. The van der Waals surface area contributed by atoms with E-state index in [0.29, 0.717) is 12.2 Å². The number of nitrogens with one attached hydrogen (secondary N) is 1. The van der Waals surface area contributed by atoms with Gasteiger partial charge >= 0.3 is 6.18 Å². The van der Waals surface area contributed by atoms with Crippen LogP contribution in [0.4, 0.5) is 18.9 Å². The van der Waals surface area contributed by atoms with Crippen LogP contribution in [0.1, 0.15) is 11.3 Å². The molecule has 0 aliphatic rings. The summed E-state index contributed by atoms with van der Waals surface area (Å²) in [7, 11) is 1.91. The Morgan fingerprint density at radius 2 is 2.06 bits per heavy atom. The summed E-state index contributed by atoms with van der Waals surface area (Å²) in [5, 5.41) is 3.01. The number of pyridine rings is 1. The number of aromatic nitrogens is 2. The third-order valence-electron chi connectivity index (χ3n) is 2.44. The molecular weight excluding hydrogens is 243 g/mol. The van der Waals surface area contributed by atoms with Crippen LogP contribution >= 0.6 is 0 Å². The second-order valence-electron chi connectivity index (χ2n) is 3.97. The lowest BCUT2D eigenvalue weighted by atomic mass is 10.3. The van der Waals surface area contributed by atoms with Gasteiger partial charge in [0.15, 0.2) is 0 Å². The number of anilines is 1. The molecule has 0 unspecified atom stereocenters. The molecule has 18 heavy (non-hydrogen) atoms. The molecule has 6 heteroatoms. The third kappa shape index (κ3) is 3.03. The first-order chi connectivity index (χ1) is 8.45. The summed E-state index contributed by atoms with van der Waals surface area (Å²) in [4.78, 5) is 3.37. The summed E-state index contributed by atoms with van der Waals surface area (Å²) < 4.78 is 38.8. The Morgan fingerprint density at radius 1 is 1.28 bits per heavy atom. The van der Waals surface area contributed by atoms with Crippen molar-refractivity contribution in [2.24, 2.45) is 7.05 Å². The van der Waals surface area contributed by atoms with Gasteiger partial charge in [-0.25, -0.2) is 4.98 Å². The van der Waals surface area contributed by atoms with Crippen molar-refractivity contribution in [3.05, 3.63) is 48.0 Å². The maximum Gasteiger partial charge on any atom is 0.433 e. The summed E-state index contributed by atoms with van der Waals surface area (Å²) >= 11 is 0. The lowest BCUT2D eigenvalue weighted by Gasteiger charge is -2.08. The minimum Gasteiger partial charge on any atom is -0.380 e. The molecule has 0 fully saturated rings. The van der Waals surface area contributed by atoms with Crippen molar-refractivity contribution in [1.29, 1.82) is 0 Å². The number of rotatable bonds is 3. The molecule has 1 N–H and O–H groups in total. The van der Waals surface area contributed by atoms with Gasteiger partial charge in [-0.2, -0.15) is 13.2 Å². The second-order valence-corrected chi connectivity index (χ2v) is 3.97. The van der Waals surface area contributed by atoms with Crippen molar-refractivity contribution in [3.8, 4) is 0 Å². The van der Waals surface area contributed by atoms with E-state index in [9.17, 15) is 13.2 Å². The lowest BCUT2D eigenvalue weighted by Crippen LogP contribution is -2.08. The molecule has 0 spiro atoms. The van der Waals surface area contributed by atoms with E-state index in [1.165, 1.54) is 12.3 Å². The maximum absolute atomic E-state index is 12.3. The monoisotopic (exact) mass is 255 g/mol. The van der Waals surface area contributed by atoms with E-state index < -0.39 is 11.9 Å². The van der Waals surface area contributed by atoms with Gasteiger partial charge in [0.05, 0.1) is 11.9 Å². The van der Waals surface area contributed by atoms with Crippen LogP contribution in [0.5, 0.6) is 0 Å². The van der Waals surface area contributed by atoms with E-state index >= 15 is 0 Å². The van der Waals surface area contributed by atoms with Crippen LogP contribution in [-0.2, 0) is 19.8 Å². The van der Waals surface area contributed by atoms with Crippen molar-refractivity contribution < 1.29 is 13.2 Å². The van der Waals surface area contributed by atoms with Gasteiger partial charge in [0.25, 0.3) is 0 Å². The molecule has 2 heterocycles. The van der Waals surface area contributed by atoms with Crippen molar-refractivity contribution in [2.45, 2.75) is 12.7 Å². The van der Waals surface area contributed by atoms with Gasteiger partial charge in [-0.3, -0.25) is 0 Å². The minimum atomic E-state index is -4.39. The summed E-state index contributed by atoms with van der Waals surface area (Å²) in [6.45, 7) is 0.549. The maximum atomic E-state index is 12.3. The lowest BCUT2D eigenvalue weighted by molar-refractivity contribution is -0.141. The number of hydrogen-bond acceptors (Lipinski definition) is 2. The molecule has 96 valence electrons. The Bertz CT molecular complexity index is 514. The Hall–Kier alpha value is -1.98. The van der Waals surface area contributed by atoms with Crippen LogP contribution < -0.4 is 5.32 Å². The standard InChI is InChI=1S/C12H12F3N3/c1-18-5-4-9(8-18)6-16-10-2-3-11(17-7-10)12(13,14)15/h2-5,7-8,16H,6H2,1H3. The SMILES string of the molecule is Cn1ccc(CNc2ccc(C(F)(F)F)nc2)c1. The molecule has 0 saturated heterocycles. The highest BCUT2D eigenvalue weighted by Crippen LogP contribution is 2.27. The molecule has 2 aromatic heterocycles. The average molecular weight is 255 g/mol. The molecule has 2 rings (SSSR count). The summed E-state index contributed by atoms with van der Waals surface area (Å²) in [6.07, 6.45) is 0.635. The van der Waals surface area contributed by atoms with Crippen LogP contribution in [0, 0.1) is 0 Å². The van der Waals surface area contributed by atoms with Gasteiger partial charge in [-0.1, -0.05) is 0 Å². The number of aryl methyl sites for hydroxylation is 1. The van der Waals surface area contributed by atoms with Crippen LogP contribution in [0.25, 0.3) is 0 Å². The quantitative estimate of drug-likeness (QED) is 0.913. The molecular formula is C12H12F3N3. The Balaban J connectivity index is 1.98.